The minimum atomic E-state index is 0.774. The number of aromatic nitrogens is 12. The van der Waals surface area contributed by atoms with Gasteiger partial charge in [-0.05, 0) is 126 Å². The Labute approximate surface area is 462 Å². The lowest BCUT2D eigenvalue weighted by Gasteiger charge is -2.12. The zero-order valence-electron chi connectivity index (χ0n) is 43.1. The van der Waals surface area contributed by atoms with E-state index in [4.69, 9.17) is 29.9 Å². The van der Waals surface area contributed by atoms with Crippen molar-refractivity contribution < 1.29 is 0 Å². The molecule has 0 aliphatic rings. The predicted molar refractivity (Wildman–Crippen MR) is 322 cm³/mol. The maximum atomic E-state index is 4.99. The molecule has 0 fully saturated rings. The fourth-order valence-electron chi connectivity index (χ4n) is 11.6. The Morgan fingerprint density at radius 2 is 0.481 bits per heavy atom. The summed E-state index contributed by atoms with van der Waals surface area (Å²) in [6.45, 7) is 0. The Balaban J connectivity index is 0.723. The van der Waals surface area contributed by atoms with Crippen LogP contribution in [0.2, 0.25) is 0 Å². The van der Waals surface area contributed by atoms with Crippen molar-refractivity contribution in [2.24, 2.45) is 0 Å². The van der Waals surface area contributed by atoms with Crippen LogP contribution in [0.4, 0.5) is 0 Å². The molecule has 0 radical (unpaired) electrons. The highest BCUT2D eigenvalue weighted by Gasteiger charge is 2.18. The highest BCUT2D eigenvalue weighted by Crippen LogP contribution is 2.37. The number of nitrogens with zero attached hydrogens (tertiary/aromatic N) is 12. The van der Waals surface area contributed by atoms with Crippen LogP contribution >= 0.6 is 0 Å². The van der Waals surface area contributed by atoms with E-state index in [1.807, 2.05) is 111 Å². The van der Waals surface area contributed by atoms with Gasteiger partial charge in [-0.3, -0.25) is 44.9 Å². The average Bonchev–Trinajstić information content (AvgIpc) is 4.41. The third kappa shape index (κ3) is 7.72. The molecule has 0 saturated carbocycles. The van der Waals surface area contributed by atoms with Crippen molar-refractivity contribution >= 4 is 65.4 Å². The van der Waals surface area contributed by atoms with Gasteiger partial charge in [-0.15, -0.1) is 0 Å². The van der Waals surface area contributed by atoms with Crippen LogP contribution in [0.5, 0.6) is 0 Å². The summed E-state index contributed by atoms with van der Waals surface area (Å²) in [5.41, 5.74) is 20.0. The van der Waals surface area contributed by atoms with Crippen LogP contribution in [0, 0.1) is 0 Å². The molecule has 378 valence electrons. The lowest BCUT2D eigenvalue weighted by atomic mass is 9.94. The topological polar surface area (TPSA) is 131 Å². The number of para-hydroxylation sites is 3. The average molecular weight is 1040 g/mol. The normalized spacial score (nSPS) is 11.7. The van der Waals surface area contributed by atoms with Crippen LogP contribution in [0.3, 0.4) is 0 Å². The summed E-state index contributed by atoms with van der Waals surface area (Å²) in [6.07, 6.45) is 22.8. The van der Waals surface area contributed by atoms with E-state index in [2.05, 4.69) is 174 Å². The second-order valence-electron chi connectivity index (χ2n) is 20.0. The van der Waals surface area contributed by atoms with E-state index >= 15 is 0 Å². The Morgan fingerprint density at radius 3 is 0.753 bits per heavy atom. The molecule has 0 saturated heterocycles. The van der Waals surface area contributed by atoms with Gasteiger partial charge in [0, 0.05) is 105 Å². The van der Waals surface area contributed by atoms with Crippen molar-refractivity contribution in [2.45, 2.75) is 0 Å². The smallest absolute Gasteiger partial charge is 0.0887 e. The van der Waals surface area contributed by atoms with Crippen LogP contribution in [0.1, 0.15) is 0 Å². The van der Waals surface area contributed by atoms with E-state index in [1.54, 1.807) is 0 Å². The van der Waals surface area contributed by atoms with Gasteiger partial charge in [-0.2, -0.15) is 0 Å². The van der Waals surface area contributed by atoms with E-state index in [9.17, 15) is 0 Å². The van der Waals surface area contributed by atoms with Crippen molar-refractivity contribution in [3.63, 3.8) is 0 Å². The quantitative estimate of drug-likeness (QED) is 0.139. The van der Waals surface area contributed by atoms with Gasteiger partial charge in [-0.25, -0.2) is 0 Å². The molecule has 12 nitrogen and oxygen atoms in total. The number of benzene rings is 4. The molecule has 16 rings (SSSR count). The number of fused-ring (bicyclic) bond motifs is 9. The molecule has 0 N–H and O–H groups in total. The van der Waals surface area contributed by atoms with E-state index in [1.165, 1.54) is 0 Å². The van der Waals surface area contributed by atoms with Crippen molar-refractivity contribution in [3.8, 4) is 84.6 Å². The summed E-state index contributed by atoms with van der Waals surface area (Å²) in [4.78, 5) is 43.0. The van der Waals surface area contributed by atoms with Gasteiger partial charge in [0.2, 0.25) is 0 Å². The highest BCUT2D eigenvalue weighted by molar-refractivity contribution is 6.10. The lowest BCUT2D eigenvalue weighted by molar-refractivity contribution is 1.13. The number of rotatable bonds is 9. The van der Waals surface area contributed by atoms with Gasteiger partial charge in [0.15, 0.2) is 0 Å². The summed E-state index contributed by atoms with van der Waals surface area (Å²) in [7, 11) is 0. The molecule has 12 heteroatoms. The second-order valence-corrected chi connectivity index (χ2v) is 20.0. The minimum absolute atomic E-state index is 0.774. The molecule has 0 unspecified atom stereocenters. The van der Waals surface area contributed by atoms with Crippen molar-refractivity contribution in [1.29, 1.82) is 0 Å². The van der Waals surface area contributed by atoms with E-state index in [0.29, 0.717) is 0 Å². The van der Waals surface area contributed by atoms with E-state index in [-0.39, 0.29) is 0 Å². The molecule has 0 amide bonds. The Bertz CT molecular complexity index is 4380. The molecule has 0 atom stereocenters. The Hall–Kier alpha value is -11.4. The van der Waals surface area contributed by atoms with Gasteiger partial charge in [0.1, 0.15) is 0 Å². The maximum absolute atomic E-state index is 4.99. The largest absolute Gasteiger partial charge is 0.308 e. The standard InChI is InChI=1S/C69H42N12/c1-4-10-64-52(7-1)55-40-70-28-25-67(55)79(64)49-16-22-61(76-37-49)58-19-13-43(34-73-58)46-31-47(44-14-20-59(74-35-44)62-23-17-50(38-77-62)80-65-11-5-2-8-53(65)56-41-71-29-26-68(56)80)33-48(32-46)45-15-21-60(75-36-45)63-24-18-51(39-78-63)81-66-12-6-3-9-54(66)57-42-72-30-27-69(57)81/h1-42H. The monoisotopic (exact) mass is 1040 g/mol. The molecule has 0 spiro atoms. The van der Waals surface area contributed by atoms with Crippen LogP contribution in [-0.2, 0) is 0 Å². The van der Waals surface area contributed by atoms with Crippen molar-refractivity contribution in [3.05, 3.63) is 256 Å². The molecular formula is C69H42N12. The molecule has 16 aromatic rings. The first-order chi connectivity index (χ1) is 40.1. The van der Waals surface area contributed by atoms with Gasteiger partial charge in [-0.1, -0.05) is 72.8 Å². The molecule has 81 heavy (non-hydrogen) atoms. The second kappa shape index (κ2) is 18.7. The summed E-state index contributed by atoms with van der Waals surface area (Å²) >= 11 is 0. The summed E-state index contributed by atoms with van der Waals surface area (Å²) < 4.78 is 6.70. The van der Waals surface area contributed by atoms with Gasteiger partial charge in [0.05, 0.1) is 103 Å². The fraction of sp³-hybridized carbons (Fsp3) is 0. The number of hydrogen-bond acceptors (Lipinski definition) is 9. The summed E-state index contributed by atoms with van der Waals surface area (Å²) in [6, 6.07) is 62.8. The maximum Gasteiger partial charge on any atom is 0.0887 e. The minimum Gasteiger partial charge on any atom is -0.308 e. The van der Waals surface area contributed by atoms with E-state index in [0.717, 1.165) is 150 Å². The zero-order valence-corrected chi connectivity index (χ0v) is 43.1. The Kier molecular flexibility index (Phi) is 10.6. The first-order valence-corrected chi connectivity index (χ1v) is 26.6. The predicted octanol–water partition coefficient (Wildman–Crippen LogP) is 15.5. The zero-order chi connectivity index (χ0) is 53.4. The van der Waals surface area contributed by atoms with Gasteiger partial charge < -0.3 is 13.7 Å². The number of hydrogen-bond donors (Lipinski definition) is 0. The Morgan fingerprint density at radius 1 is 0.210 bits per heavy atom. The van der Waals surface area contributed by atoms with E-state index < -0.39 is 0 Å². The highest BCUT2D eigenvalue weighted by atomic mass is 15.0. The third-order valence-corrected chi connectivity index (χ3v) is 15.5. The first kappa shape index (κ1) is 45.8. The van der Waals surface area contributed by atoms with Crippen LogP contribution in [0.25, 0.3) is 150 Å². The molecule has 0 aliphatic carbocycles. The first-order valence-electron chi connectivity index (χ1n) is 26.6. The number of pyridine rings is 9. The summed E-state index contributed by atoms with van der Waals surface area (Å²) in [5.74, 6) is 0. The molecule has 12 aromatic heterocycles. The van der Waals surface area contributed by atoms with Crippen LogP contribution < -0.4 is 0 Å². The van der Waals surface area contributed by atoms with Gasteiger partial charge >= 0.3 is 0 Å². The van der Waals surface area contributed by atoms with Crippen LogP contribution in [-0.4, -0.2) is 58.6 Å². The lowest BCUT2D eigenvalue weighted by Crippen LogP contribution is -1.96. The van der Waals surface area contributed by atoms with Crippen LogP contribution in [0.15, 0.2) is 256 Å². The molecule has 12 heterocycles. The molecule has 0 aliphatic heterocycles. The third-order valence-electron chi connectivity index (χ3n) is 15.5. The molecule has 0 bridgehead atoms. The summed E-state index contributed by atoms with van der Waals surface area (Å²) in [5, 5.41) is 6.76. The van der Waals surface area contributed by atoms with Crippen molar-refractivity contribution in [1.82, 2.24) is 58.6 Å². The van der Waals surface area contributed by atoms with Crippen molar-refractivity contribution in [2.75, 3.05) is 0 Å². The SMILES string of the molecule is c1ccc2c(c1)c1cnccc1n2-c1ccc(-c2ccc(-c3cc(-c4ccc(-c5ccc(-n6c7ccccc7c7cnccc76)cn5)nc4)cc(-c4ccc(-c5ccc(-n6c7ccccc7c7cnccc76)cn5)nc4)c3)cn2)nc1. The van der Waals surface area contributed by atoms with Gasteiger partial charge in [0.25, 0.3) is 0 Å². The molecular weight excluding hydrogens is 997 g/mol. The molecule has 4 aromatic carbocycles. The fourth-order valence-corrected chi connectivity index (χ4v) is 11.6.